The van der Waals surface area contributed by atoms with E-state index in [0.717, 1.165) is 22.8 Å². The molecular weight excluding hydrogens is 240 g/mol. The van der Waals surface area contributed by atoms with Crippen molar-refractivity contribution in [1.29, 1.82) is 0 Å². The quantitative estimate of drug-likeness (QED) is 0.803. The lowest BCUT2D eigenvalue weighted by Gasteiger charge is -1.99. The largest absolute Gasteiger partial charge is 0.331 e. The fourth-order valence-corrected chi connectivity index (χ4v) is 2.01. The van der Waals surface area contributed by atoms with Crippen molar-refractivity contribution in [3.05, 3.63) is 28.5 Å². The van der Waals surface area contributed by atoms with Crippen LogP contribution in [0.15, 0.2) is 22.7 Å². The zero-order valence-electron chi connectivity index (χ0n) is 8.42. The van der Waals surface area contributed by atoms with E-state index >= 15 is 0 Å². The van der Waals surface area contributed by atoms with Gasteiger partial charge in [0.15, 0.2) is 0 Å². The van der Waals surface area contributed by atoms with Crippen molar-refractivity contribution in [3.8, 4) is 0 Å². The van der Waals surface area contributed by atoms with Gasteiger partial charge < -0.3 is 4.57 Å². The van der Waals surface area contributed by atoms with Crippen LogP contribution in [0.5, 0.6) is 0 Å². The summed E-state index contributed by atoms with van der Waals surface area (Å²) >= 11 is 3.47. The van der Waals surface area contributed by atoms with E-state index in [-0.39, 0.29) is 0 Å². The molecular formula is C11H13BrN2. The van der Waals surface area contributed by atoms with Crippen molar-refractivity contribution in [2.45, 2.75) is 19.8 Å². The third-order valence-electron chi connectivity index (χ3n) is 2.41. The van der Waals surface area contributed by atoms with Gasteiger partial charge in [-0.2, -0.15) is 0 Å². The molecule has 0 aliphatic rings. The number of benzene rings is 1. The summed E-state index contributed by atoms with van der Waals surface area (Å²) < 4.78 is 3.28. The molecule has 3 heteroatoms. The highest BCUT2D eigenvalue weighted by Gasteiger charge is 2.06. The first-order valence-corrected chi connectivity index (χ1v) is 5.62. The normalized spacial score (nSPS) is 11.1. The fourth-order valence-electron chi connectivity index (χ4n) is 1.66. The van der Waals surface area contributed by atoms with Gasteiger partial charge in [-0.05, 0) is 24.6 Å². The van der Waals surface area contributed by atoms with E-state index in [2.05, 4.69) is 51.6 Å². The molecule has 0 aliphatic carbocycles. The Morgan fingerprint density at radius 3 is 2.93 bits per heavy atom. The minimum absolute atomic E-state index is 1.04. The van der Waals surface area contributed by atoms with Gasteiger partial charge in [0.25, 0.3) is 0 Å². The van der Waals surface area contributed by atoms with E-state index in [0.29, 0.717) is 0 Å². The average Bonchev–Trinajstić information content (AvgIpc) is 2.46. The summed E-state index contributed by atoms with van der Waals surface area (Å²) in [7, 11) is 2.08. The second kappa shape index (κ2) is 3.73. The first-order valence-electron chi connectivity index (χ1n) is 4.83. The Morgan fingerprint density at radius 2 is 2.21 bits per heavy atom. The van der Waals surface area contributed by atoms with E-state index in [4.69, 9.17) is 0 Å². The lowest BCUT2D eigenvalue weighted by molar-refractivity contribution is 0.773. The summed E-state index contributed by atoms with van der Waals surface area (Å²) in [5, 5.41) is 0. The van der Waals surface area contributed by atoms with Crippen LogP contribution in [0.3, 0.4) is 0 Å². The number of aromatic nitrogens is 2. The van der Waals surface area contributed by atoms with Crippen molar-refractivity contribution >= 4 is 27.0 Å². The van der Waals surface area contributed by atoms with Crippen LogP contribution < -0.4 is 0 Å². The van der Waals surface area contributed by atoms with Gasteiger partial charge in [-0.1, -0.05) is 22.9 Å². The molecule has 0 saturated carbocycles. The molecule has 1 aromatic carbocycles. The summed E-state index contributed by atoms with van der Waals surface area (Å²) in [5.74, 6) is 1.17. The average molecular weight is 253 g/mol. The fraction of sp³-hybridized carbons (Fsp3) is 0.364. The number of aryl methyl sites for hydroxylation is 2. The summed E-state index contributed by atoms with van der Waals surface area (Å²) in [6.45, 7) is 2.18. The van der Waals surface area contributed by atoms with Gasteiger partial charge in [0.05, 0.1) is 11.0 Å². The van der Waals surface area contributed by atoms with Crippen LogP contribution in [0, 0.1) is 0 Å². The van der Waals surface area contributed by atoms with Crippen LogP contribution in [0.25, 0.3) is 11.0 Å². The van der Waals surface area contributed by atoms with Crippen LogP contribution in [0.4, 0.5) is 0 Å². The zero-order chi connectivity index (χ0) is 10.1. The Morgan fingerprint density at radius 1 is 1.43 bits per heavy atom. The molecule has 2 nitrogen and oxygen atoms in total. The lowest BCUT2D eigenvalue weighted by Crippen LogP contribution is -1.96. The number of rotatable bonds is 2. The van der Waals surface area contributed by atoms with Crippen molar-refractivity contribution in [2.75, 3.05) is 0 Å². The number of halogens is 1. The molecule has 0 aliphatic heterocycles. The molecule has 0 atom stereocenters. The Hall–Kier alpha value is -0.830. The van der Waals surface area contributed by atoms with Gasteiger partial charge in [0.2, 0.25) is 0 Å². The summed E-state index contributed by atoms with van der Waals surface area (Å²) in [4.78, 5) is 4.59. The molecule has 0 N–H and O–H groups in total. The van der Waals surface area contributed by atoms with Crippen LogP contribution in [-0.2, 0) is 13.5 Å². The van der Waals surface area contributed by atoms with Crippen molar-refractivity contribution in [2.24, 2.45) is 7.05 Å². The van der Waals surface area contributed by atoms with Gasteiger partial charge in [0.1, 0.15) is 5.82 Å². The molecule has 0 bridgehead atoms. The standard InChI is InChI=1S/C11H13BrN2/c1-3-4-11-13-9-6-5-8(12)7-10(9)14(11)2/h5-7H,3-4H2,1-2H3. The number of hydrogen-bond acceptors (Lipinski definition) is 1. The van der Waals surface area contributed by atoms with E-state index in [9.17, 15) is 0 Å². The second-order valence-electron chi connectivity index (χ2n) is 3.47. The minimum atomic E-state index is 1.04. The lowest BCUT2D eigenvalue weighted by atomic mass is 10.3. The Bertz CT molecular complexity index is 460. The highest BCUT2D eigenvalue weighted by Crippen LogP contribution is 2.20. The molecule has 0 fully saturated rings. The van der Waals surface area contributed by atoms with Crippen molar-refractivity contribution in [3.63, 3.8) is 0 Å². The molecule has 0 amide bonds. The number of fused-ring (bicyclic) bond motifs is 1. The third-order valence-corrected chi connectivity index (χ3v) is 2.90. The summed E-state index contributed by atoms with van der Waals surface area (Å²) in [5.41, 5.74) is 2.28. The summed E-state index contributed by atoms with van der Waals surface area (Å²) in [6, 6.07) is 6.20. The highest BCUT2D eigenvalue weighted by atomic mass is 79.9. The molecule has 0 unspecified atom stereocenters. The van der Waals surface area contributed by atoms with Gasteiger partial charge in [-0.3, -0.25) is 0 Å². The Balaban J connectivity index is 2.62. The van der Waals surface area contributed by atoms with Crippen LogP contribution in [-0.4, -0.2) is 9.55 Å². The maximum atomic E-state index is 4.59. The van der Waals surface area contributed by atoms with Crippen LogP contribution in [0.1, 0.15) is 19.2 Å². The Labute approximate surface area is 92.1 Å². The van der Waals surface area contributed by atoms with Gasteiger partial charge in [-0.15, -0.1) is 0 Å². The smallest absolute Gasteiger partial charge is 0.109 e. The zero-order valence-corrected chi connectivity index (χ0v) is 10.0. The van der Waals surface area contributed by atoms with Gasteiger partial charge in [-0.25, -0.2) is 4.98 Å². The maximum absolute atomic E-state index is 4.59. The van der Waals surface area contributed by atoms with E-state index in [1.54, 1.807) is 0 Å². The van der Waals surface area contributed by atoms with Crippen molar-refractivity contribution < 1.29 is 0 Å². The second-order valence-corrected chi connectivity index (χ2v) is 4.39. The number of imidazole rings is 1. The van der Waals surface area contributed by atoms with Crippen LogP contribution in [0.2, 0.25) is 0 Å². The molecule has 1 aromatic heterocycles. The molecule has 0 spiro atoms. The molecule has 0 saturated heterocycles. The highest BCUT2D eigenvalue weighted by molar-refractivity contribution is 9.10. The molecule has 14 heavy (non-hydrogen) atoms. The topological polar surface area (TPSA) is 17.8 Å². The monoisotopic (exact) mass is 252 g/mol. The maximum Gasteiger partial charge on any atom is 0.109 e. The van der Waals surface area contributed by atoms with E-state index < -0.39 is 0 Å². The van der Waals surface area contributed by atoms with E-state index in [1.165, 1.54) is 11.3 Å². The van der Waals surface area contributed by atoms with E-state index in [1.807, 2.05) is 6.07 Å². The van der Waals surface area contributed by atoms with Crippen LogP contribution >= 0.6 is 15.9 Å². The molecule has 1 heterocycles. The number of nitrogens with zero attached hydrogens (tertiary/aromatic N) is 2. The minimum Gasteiger partial charge on any atom is -0.331 e. The molecule has 0 radical (unpaired) electrons. The predicted octanol–water partition coefficient (Wildman–Crippen LogP) is 3.29. The molecule has 2 rings (SSSR count). The number of hydrogen-bond donors (Lipinski definition) is 0. The Kier molecular flexibility index (Phi) is 2.59. The summed E-state index contributed by atoms with van der Waals surface area (Å²) in [6.07, 6.45) is 2.18. The van der Waals surface area contributed by atoms with Crippen molar-refractivity contribution in [1.82, 2.24) is 9.55 Å². The first-order chi connectivity index (χ1) is 6.72. The first kappa shape index (κ1) is 9.71. The van der Waals surface area contributed by atoms with Gasteiger partial charge in [0, 0.05) is 17.9 Å². The molecule has 2 aromatic rings. The van der Waals surface area contributed by atoms with Gasteiger partial charge >= 0.3 is 0 Å². The third kappa shape index (κ3) is 1.57. The SMILES string of the molecule is CCCc1nc2ccc(Br)cc2n1C. The predicted molar refractivity (Wildman–Crippen MR) is 62.4 cm³/mol. The molecule has 74 valence electrons.